The van der Waals surface area contributed by atoms with Crippen LogP contribution < -0.4 is 21.1 Å². The molecule has 0 aliphatic rings. The van der Waals surface area contributed by atoms with Crippen LogP contribution in [-0.2, 0) is 0 Å². The first kappa shape index (κ1) is 18.3. The fourth-order valence-corrected chi connectivity index (χ4v) is 2.75. The normalized spacial score (nSPS) is 10.2. The quantitative estimate of drug-likeness (QED) is 0.689. The van der Waals surface area contributed by atoms with Crippen LogP contribution in [0.15, 0.2) is 30.3 Å². The summed E-state index contributed by atoms with van der Waals surface area (Å²) in [6, 6.07) is 8.29. The van der Waals surface area contributed by atoms with Gasteiger partial charge >= 0.3 is 0 Å². The molecule has 0 atom stereocenters. The number of primary amides is 1. The largest absolute Gasteiger partial charge is 0.493 e. The fourth-order valence-electron chi connectivity index (χ4n) is 1.99. The van der Waals surface area contributed by atoms with E-state index in [2.05, 4.69) is 10.6 Å². The third-order valence-corrected chi connectivity index (χ3v) is 4.33. The molecule has 0 saturated heterocycles. The van der Waals surface area contributed by atoms with Crippen LogP contribution in [0.25, 0.3) is 0 Å². The molecule has 4 N–H and O–H groups in total. The molecule has 0 radical (unpaired) electrons. The molecule has 0 heterocycles. The van der Waals surface area contributed by atoms with Gasteiger partial charge < -0.3 is 21.1 Å². The van der Waals surface area contributed by atoms with Crippen molar-refractivity contribution in [2.75, 3.05) is 17.7 Å². The summed E-state index contributed by atoms with van der Waals surface area (Å²) in [5.74, 6) is -0.0391. The Morgan fingerprint density at radius 3 is 2.38 bits per heavy atom. The van der Waals surface area contributed by atoms with Gasteiger partial charge in [0.2, 0.25) is 5.91 Å². The fraction of sp³-hybridized carbons (Fsp3) is 0.125. The lowest BCUT2D eigenvalue weighted by Crippen LogP contribution is -2.20. The number of carbonyl (C=O) groups excluding carboxylic acids is 1. The van der Waals surface area contributed by atoms with E-state index >= 15 is 0 Å². The molecule has 5 nitrogen and oxygen atoms in total. The molecule has 0 fully saturated rings. The second kappa shape index (κ2) is 7.70. The van der Waals surface area contributed by atoms with Crippen LogP contribution in [-0.4, -0.2) is 18.1 Å². The average molecular weight is 384 g/mol. The first-order valence-electron chi connectivity index (χ1n) is 6.84. The number of methoxy groups -OCH3 is 1. The topological polar surface area (TPSA) is 76.4 Å². The van der Waals surface area contributed by atoms with Gasteiger partial charge in [0.1, 0.15) is 0 Å². The van der Waals surface area contributed by atoms with Crippen LogP contribution >= 0.6 is 35.4 Å². The summed E-state index contributed by atoms with van der Waals surface area (Å²) in [6.07, 6.45) is 0. The van der Waals surface area contributed by atoms with Crippen molar-refractivity contribution in [1.82, 2.24) is 0 Å². The van der Waals surface area contributed by atoms with E-state index in [1.54, 1.807) is 37.3 Å². The molecule has 0 bridgehead atoms. The third-order valence-electron chi connectivity index (χ3n) is 3.28. The van der Waals surface area contributed by atoms with E-state index in [9.17, 15) is 4.79 Å². The summed E-state index contributed by atoms with van der Waals surface area (Å²) in [7, 11) is 1.51. The summed E-state index contributed by atoms with van der Waals surface area (Å²) < 4.78 is 5.31. The SMILES string of the molecule is COc1c(NC(=S)Nc2ccc(C(N)=O)cc2)cc(Cl)c(C)c1Cl. The zero-order valence-electron chi connectivity index (χ0n) is 12.9. The summed E-state index contributed by atoms with van der Waals surface area (Å²) in [5, 5.41) is 7.21. The van der Waals surface area contributed by atoms with Crippen molar-refractivity contribution in [3.63, 3.8) is 0 Å². The molecule has 2 aromatic rings. The van der Waals surface area contributed by atoms with Gasteiger partial charge in [-0.25, -0.2) is 0 Å². The van der Waals surface area contributed by atoms with Crippen molar-refractivity contribution in [1.29, 1.82) is 0 Å². The lowest BCUT2D eigenvalue weighted by molar-refractivity contribution is 0.100. The van der Waals surface area contributed by atoms with E-state index in [0.717, 1.165) is 5.56 Å². The second-order valence-electron chi connectivity index (χ2n) is 4.90. The Balaban J connectivity index is 2.16. The third kappa shape index (κ3) is 4.08. The van der Waals surface area contributed by atoms with Gasteiger partial charge in [-0.15, -0.1) is 0 Å². The highest BCUT2D eigenvalue weighted by molar-refractivity contribution is 7.80. The number of nitrogens with two attached hydrogens (primary N) is 1. The van der Waals surface area contributed by atoms with Crippen LogP contribution in [0.1, 0.15) is 15.9 Å². The van der Waals surface area contributed by atoms with Gasteiger partial charge in [0.15, 0.2) is 10.9 Å². The van der Waals surface area contributed by atoms with Crippen molar-refractivity contribution in [2.24, 2.45) is 5.73 Å². The minimum Gasteiger partial charge on any atom is -0.493 e. The molecule has 0 aromatic heterocycles. The highest BCUT2D eigenvalue weighted by Gasteiger charge is 2.15. The second-order valence-corrected chi connectivity index (χ2v) is 6.09. The van der Waals surface area contributed by atoms with Gasteiger partial charge in [0, 0.05) is 16.3 Å². The standard InChI is InChI=1S/C16H15Cl2N3O2S/c1-8-11(17)7-12(14(23-2)13(8)18)21-16(24)20-10-5-3-9(4-6-10)15(19)22/h3-7H,1-2H3,(H2,19,22)(H2,20,21,24). The zero-order chi connectivity index (χ0) is 17.9. The highest BCUT2D eigenvalue weighted by Crippen LogP contribution is 2.39. The van der Waals surface area contributed by atoms with Crippen LogP contribution in [0, 0.1) is 6.92 Å². The van der Waals surface area contributed by atoms with E-state index in [4.69, 9.17) is 45.9 Å². The number of hydrogen-bond acceptors (Lipinski definition) is 3. The van der Waals surface area contributed by atoms with Crippen molar-refractivity contribution in [2.45, 2.75) is 6.92 Å². The summed E-state index contributed by atoms with van der Waals surface area (Å²) in [6.45, 7) is 1.80. The maximum Gasteiger partial charge on any atom is 0.248 e. The number of thiocarbonyl (C=S) groups is 1. The molecule has 24 heavy (non-hydrogen) atoms. The number of anilines is 2. The molecular weight excluding hydrogens is 369 g/mol. The molecule has 0 aliphatic heterocycles. The molecule has 8 heteroatoms. The maximum absolute atomic E-state index is 11.1. The van der Waals surface area contributed by atoms with E-state index in [0.29, 0.717) is 37.8 Å². The highest BCUT2D eigenvalue weighted by atomic mass is 35.5. The van der Waals surface area contributed by atoms with Gasteiger partial charge in [-0.1, -0.05) is 23.2 Å². The van der Waals surface area contributed by atoms with E-state index in [-0.39, 0.29) is 0 Å². The molecule has 2 aromatic carbocycles. The smallest absolute Gasteiger partial charge is 0.248 e. The van der Waals surface area contributed by atoms with E-state index in [1.807, 2.05) is 0 Å². The first-order chi connectivity index (χ1) is 11.3. The van der Waals surface area contributed by atoms with Crippen LogP contribution in [0.3, 0.4) is 0 Å². The minimum absolute atomic E-state index is 0.316. The van der Waals surface area contributed by atoms with Crippen molar-refractivity contribution in [3.8, 4) is 5.75 Å². The maximum atomic E-state index is 11.1. The Bertz CT molecular complexity index is 795. The Morgan fingerprint density at radius 1 is 1.21 bits per heavy atom. The number of ether oxygens (including phenoxy) is 1. The molecule has 0 aliphatic carbocycles. The lowest BCUT2D eigenvalue weighted by Gasteiger charge is -2.16. The molecule has 0 spiro atoms. The van der Waals surface area contributed by atoms with Crippen molar-refractivity contribution < 1.29 is 9.53 Å². The number of carbonyl (C=O) groups is 1. The van der Waals surface area contributed by atoms with Gasteiger partial charge in [0.25, 0.3) is 0 Å². The number of rotatable bonds is 4. The minimum atomic E-state index is -0.490. The van der Waals surface area contributed by atoms with Crippen LogP contribution in [0.4, 0.5) is 11.4 Å². The van der Waals surface area contributed by atoms with Crippen LogP contribution in [0.5, 0.6) is 5.75 Å². The summed E-state index contributed by atoms with van der Waals surface area (Å²) >= 11 is 17.7. The number of amides is 1. The van der Waals surface area contributed by atoms with Gasteiger partial charge in [0.05, 0.1) is 17.8 Å². The number of hydrogen-bond donors (Lipinski definition) is 3. The predicted octanol–water partition coefficient (Wildman–Crippen LogP) is 4.22. The molecule has 2 rings (SSSR count). The molecule has 126 valence electrons. The summed E-state index contributed by atoms with van der Waals surface area (Å²) in [5.41, 5.74) is 7.58. The lowest BCUT2D eigenvalue weighted by atomic mass is 10.2. The summed E-state index contributed by atoms with van der Waals surface area (Å²) in [4.78, 5) is 11.1. The zero-order valence-corrected chi connectivity index (χ0v) is 15.3. The molecule has 1 amide bonds. The van der Waals surface area contributed by atoms with Gasteiger partial charge in [-0.05, 0) is 55.0 Å². The Morgan fingerprint density at radius 2 is 1.83 bits per heavy atom. The Hall–Kier alpha value is -2.02. The van der Waals surface area contributed by atoms with Crippen molar-refractivity contribution in [3.05, 3.63) is 51.5 Å². The van der Waals surface area contributed by atoms with E-state index < -0.39 is 5.91 Å². The van der Waals surface area contributed by atoms with Gasteiger partial charge in [-0.2, -0.15) is 0 Å². The van der Waals surface area contributed by atoms with Crippen molar-refractivity contribution >= 4 is 57.8 Å². The predicted molar refractivity (Wildman–Crippen MR) is 103 cm³/mol. The van der Waals surface area contributed by atoms with Gasteiger partial charge in [-0.3, -0.25) is 4.79 Å². The van der Waals surface area contributed by atoms with Crippen LogP contribution in [0.2, 0.25) is 10.0 Å². The molecule has 0 saturated carbocycles. The average Bonchev–Trinajstić information content (AvgIpc) is 2.53. The Kier molecular flexibility index (Phi) is 5.88. The number of nitrogens with one attached hydrogen (secondary N) is 2. The molecule has 0 unspecified atom stereocenters. The first-order valence-corrected chi connectivity index (χ1v) is 8.00. The molecular formula is C16H15Cl2N3O2S. The number of halogens is 2. The van der Waals surface area contributed by atoms with E-state index in [1.165, 1.54) is 7.11 Å². The monoisotopic (exact) mass is 383 g/mol. The Labute approximate surface area is 155 Å². The number of benzene rings is 2.